The molecule has 0 spiro atoms. The summed E-state index contributed by atoms with van der Waals surface area (Å²) in [5.74, 6) is -1.13. The fourth-order valence-electron chi connectivity index (χ4n) is 2.83. The number of carbonyl (C=O) groups excluding carboxylic acids is 1. The van der Waals surface area contributed by atoms with Gasteiger partial charge in [0.15, 0.2) is 5.16 Å². The molecular weight excluding hydrogens is 340 g/mol. The van der Waals surface area contributed by atoms with E-state index in [2.05, 4.69) is 10.2 Å². The van der Waals surface area contributed by atoms with Crippen molar-refractivity contribution >= 4 is 23.6 Å². The molecule has 25 heavy (non-hydrogen) atoms. The lowest BCUT2D eigenvalue weighted by Gasteiger charge is -2.30. The van der Waals surface area contributed by atoms with Crippen molar-refractivity contribution in [2.45, 2.75) is 24.9 Å². The quantitative estimate of drug-likeness (QED) is 0.821. The van der Waals surface area contributed by atoms with Crippen LogP contribution in [0.5, 0.6) is 0 Å². The smallest absolute Gasteiger partial charge is 0.308 e. The zero-order valence-corrected chi connectivity index (χ0v) is 14.8. The normalized spacial score (nSPS) is 17.5. The number of hydrogen-bond donors (Lipinski definition) is 1. The van der Waals surface area contributed by atoms with Gasteiger partial charge in [-0.2, -0.15) is 0 Å². The van der Waals surface area contributed by atoms with Crippen molar-refractivity contribution in [3.63, 3.8) is 0 Å². The molecule has 2 aromatic rings. The maximum Gasteiger partial charge on any atom is 0.308 e. The highest BCUT2D eigenvalue weighted by Crippen LogP contribution is 2.22. The van der Waals surface area contributed by atoms with Gasteiger partial charge in [-0.25, -0.2) is 0 Å². The molecule has 1 aromatic heterocycles. The summed E-state index contributed by atoms with van der Waals surface area (Å²) in [4.78, 5) is 25.2. The van der Waals surface area contributed by atoms with E-state index in [9.17, 15) is 9.59 Å². The van der Waals surface area contributed by atoms with E-state index in [-0.39, 0.29) is 11.7 Å². The second-order valence-corrected chi connectivity index (χ2v) is 7.07. The number of benzene rings is 1. The molecule has 1 fully saturated rings. The Hall–Kier alpha value is -2.35. The Kier molecular flexibility index (Phi) is 5.37. The number of amides is 1. The number of thioether (sulfide) groups is 1. The zero-order chi connectivity index (χ0) is 17.8. The van der Waals surface area contributed by atoms with Crippen LogP contribution in [0.3, 0.4) is 0 Å². The summed E-state index contributed by atoms with van der Waals surface area (Å²) in [5.41, 5.74) is 2.11. The van der Waals surface area contributed by atoms with Crippen molar-refractivity contribution in [2.24, 2.45) is 5.92 Å². The molecular formula is C17H20N4O3S. The molecule has 3 rings (SSSR count). The third-order valence-electron chi connectivity index (χ3n) is 4.28. The van der Waals surface area contributed by atoms with Crippen molar-refractivity contribution in [3.8, 4) is 5.69 Å². The summed E-state index contributed by atoms with van der Waals surface area (Å²) in [7, 11) is 0. The van der Waals surface area contributed by atoms with Crippen molar-refractivity contribution < 1.29 is 14.7 Å². The molecule has 1 atom stereocenters. The number of piperidine rings is 1. The van der Waals surface area contributed by atoms with E-state index in [4.69, 9.17) is 5.11 Å². The summed E-state index contributed by atoms with van der Waals surface area (Å²) >= 11 is 1.31. The molecule has 0 aliphatic carbocycles. The fraction of sp³-hybridized carbons (Fsp3) is 0.412. The highest BCUT2D eigenvalue weighted by molar-refractivity contribution is 7.99. The van der Waals surface area contributed by atoms with E-state index in [1.807, 2.05) is 35.8 Å². The Bertz CT molecular complexity index is 760. The van der Waals surface area contributed by atoms with E-state index < -0.39 is 11.9 Å². The van der Waals surface area contributed by atoms with Gasteiger partial charge in [0.1, 0.15) is 6.33 Å². The summed E-state index contributed by atoms with van der Waals surface area (Å²) in [6.45, 7) is 2.93. The third kappa shape index (κ3) is 4.19. The van der Waals surface area contributed by atoms with Crippen LogP contribution >= 0.6 is 11.8 Å². The first-order valence-electron chi connectivity index (χ1n) is 8.15. The van der Waals surface area contributed by atoms with E-state index in [0.717, 1.165) is 12.1 Å². The van der Waals surface area contributed by atoms with E-state index in [0.29, 0.717) is 24.7 Å². The Morgan fingerprint density at radius 1 is 1.32 bits per heavy atom. The van der Waals surface area contributed by atoms with Crippen LogP contribution in [0.15, 0.2) is 35.7 Å². The van der Waals surface area contributed by atoms with Gasteiger partial charge in [0.05, 0.1) is 11.7 Å². The molecule has 1 aliphatic heterocycles. The predicted molar refractivity (Wildman–Crippen MR) is 93.8 cm³/mol. The van der Waals surface area contributed by atoms with E-state index >= 15 is 0 Å². The van der Waals surface area contributed by atoms with Gasteiger partial charge in [-0.15, -0.1) is 10.2 Å². The molecule has 1 saturated heterocycles. The van der Waals surface area contributed by atoms with Crippen molar-refractivity contribution in [1.29, 1.82) is 0 Å². The van der Waals surface area contributed by atoms with Gasteiger partial charge in [-0.05, 0) is 31.9 Å². The molecule has 8 heteroatoms. The van der Waals surface area contributed by atoms with Crippen LogP contribution in [-0.4, -0.2) is 55.5 Å². The number of aryl methyl sites for hydroxylation is 1. The Morgan fingerprint density at radius 2 is 2.08 bits per heavy atom. The number of carboxylic acid groups (broad SMARTS) is 1. The first-order valence-corrected chi connectivity index (χ1v) is 9.13. The Morgan fingerprint density at radius 3 is 2.80 bits per heavy atom. The number of hydrogen-bond acceptors (Lipinski definition) is 5. The lowest BCUT2D eigenvalue weighted by atomic mass is 9.98. The predicted octanol–water partition coefficient (Wildman–Crippen LogP) is 1.99. The minimum atomic E-state index is -0.829. The summed E-state index contributed by atoms with van der Waals surface area (Å²) in [6, 6.07) is 7.97. The van der Waals surface area contributed by atoms with Crippen molar-refractivity contribution in [2.75, 3.05) is 18.8 Å². The Balaban J connectivity index is 1.62. The third-order valence-corrected chi connectivity index (χ3v) is 5.20. The van der Waals surface area contributed by atoms with Crippen LogP contribution in [0.25, 0.3) is 5.69 Å². The van der Waals surface area contributed by atoms with Gasteiger partial charge in [0, 0.05) is 18.8 Å². The average molecular weight is 360 g/mol. The molecule has 1 amide bonds. The van der Waals surface area contributed by atoms with Gasteiger partial charge in [-0.3, -0.25) is 14.2 Å². The van der Waals surface area contributed by atoms with Crippen molar-refractivity contribution in [1.82, 2.24) is 19.7 Å². The topological polar surface area (TPSA) is 88.3 Å². The maximum atomic E-state index is 12.4. The minimum Gasteiger partial charge on any atom is -0.481 e. The summed E-state index contributed by atoms with van der Waals surface area (Å²) < 4.78 is 1.84. The van der Waals surface area contributed by atoms with Crippen LogP contribution < -0.4 is 0 Å². The van der Waals surface area contributed by atoms with Crippen LogP contribution in [0.4, 0.5) is 0 Å². The molecule has 0 unspecified atom stereocenters. The number of likely N-dealkylation sites (tertiary alicyclic amines) is 1. The molecule has 7 nitrogen and oxygen atoms in total. The maximum absolute atomic E-state index is 12.4. The molecule has 0 saturated carbocycles. The number of aliphatic carboxylic acids is 1. The van der Waals surface area contributed by atoms with Gasteiger partial charge in [-0.1, -0.05) is 29.5 Å². The van der Waals surface area contributed by atoms with Crippen LogP contribution in [-0.2, 0) is 9.59 Å². The van der Waals surface area contributed by atoms with Crippen molar-refractivity contribution in [3.05, 3.63) is 36.2 Å². The van der Waals surface area contributed by atoms with Crippen LogP contribution in [0, 0.1) is 12.8 Å². The van der Waals surface area contributed by atoms with E-state index in [1.165, 1.54) is 17.3 Å². The molecule has 2 heterocycles. The molecule has 0 bridgehead atoms. The molecule has 1 aliphatic rings. The highest BCUT2D eigenvalue weighted by Gasteiger charge is 2.28. The zero-order valence-electron chi connectivity index (χ0n) is 14.0. The average Bonchev–Trinajstić information content (AvgIpc) is 3.09. The lowest BCUT2D eigenvalue weighted by molar-refractivity contribution is -0.145. The number of aromatic nitrogens is 3. The standard InChI is InChI=1S/C17H20N4O3S/c1-12-4-6-14(7-5-12)21-11-18-19-17(21)25-10-15(22)20-8-2-3-13(9-20)16(23)24/h4-7,11,13H,2-3,8-10H2,1H3,(H,23,24)/t13-/m0/s1. The molecule has 1 aromatic carbocycles. The number of carbonyl (C=O) groups is 2. The van der Waals surface area contributed by atoms with Crippen LogP contribution in [0.1, 0.15) is 18.4 Å². The number of rotatable bonds is 5. The van der Waals surface area contributed by atoms with E-state index in [1.54, 1.807) is 11.2 Å². The summed E-state index contributed by atoms with van der Waals surface area (Å²) in [5, 5.41) is 17.8. The van der Waals surface area contributed by atoms with Gasteiger partial charge >= 0.3 is 5.97 Å². The van der Waals surface area contributed by atoms with Gasteiger partial charge in [0.2, 0.25) is 5.91 Å². The molecule has 0 radical (unpaired) electrons. The van der Waals surface area contributed by atoms with Gasteiger partial charge in [0.25, 0.3) is 0 Å². The largest absolute Gasteiger partial charge is 0.481 e. The highest BCUT2D eigenvalue weighted by atomic mass is 32.2. The van der Waals surface area contributed by atoms with Crippen LogP contribution in [0.2, 0.25) is 0 Å². The first-order chi connectivity index (χ1) is 12.0. The lowest BCUT2D eigenvalue weighted by Crippen LogP contribution is -2.43. The fourth-order valence-corrected chi connectivity index (χ4v) is 3.66. The first kappa shape index (κ1) is 17.5. The second-order valence-electron chi connectivity index (χ2n) is 6.12. The molecule has 132 valence electrons. The monoisotopic (exact) mass is 360 g/mol. The minimum absolute atomic E-state index is 0.0607. The Labute approximate surface area is 150 Å². The van der Waals surface area contributed by atoms with Gasteiger partial charge < -0.3 is 10.0 Å². The molecule has 1 N–H and O–H groups in total. The number of carboxylic acids is 1. The number of nitrogens with zero attached hydrogens (tertiary/aromatic N) is 4. The second kappa shape index (κ2) is 7.69. The SMILES string of the molecule is Cc1ccc(-n2cnnc2SCC(=O)N2CCC[C@H](C(=O)O)C2)cc1. The summed E-state index contributed by atoms with van der Waals surface area (Å²) in [6.07, 6.45) is 2.99.